The van der Waals surface area contributed by atoms with E-state index in [0.29, 0.717) is 13.3 Å². The molecule has 0 aromatic heterocycles. The Kier molecular flexibility index (Phi) is 102. The van der Waals surface area contributed by atoms with Gasteiger partial charge >= 0.3 is 51.9 Å². The first-order valence-electron chi connectivity index (χ1n) is 0.429. The van der Waals surface area contributed by atoms with Crippen LogP contribution < -0.4 is 13.3 Å². The third-order valence-corrected chi connectivity index (χ3v) is 0. The van der Waals surface area contributed by atoms with Gasteiger partial charge in [-0.1, -0.05) is 0 Å². The van der Waals surface area contributed by atoms with Gasteiger partial charge in [0.1, 0.15) is 0 Å². The molecule has 7 heteroatoms. The zero-order valence-electron chi connectivity index (χ0n) is 3.75. The normalized spacial score (nSPS) is 4.00. The van der Waals surface area contributed by atoms with Crippen LogP contribution in [-0.4, -0.2) is 5.48 Å². The average molecular weight is 780 g/mol. The second kappa shape index (κ2) is 31.6. The molecule has 52 valence electrons. The van der Waals surface area contributed by atoms with Gasteiger partial charge in [0.2, 0.25) is 0 Å². The van der Waals surface area contributed by atoms with Crippen LogP contribution in [0.2, 0.25) is 0 Å². The van der Waals surface area contributed by atoms with E-state index in [0.717, 1.165) is 0 Å². The first kappa shape index (κ1) is 22.5. The quantitative estimate of drug-likeness (QED) is 0.340. The summed E-state index contributed by atoms with van der Waals surface area (Å²) < 4.78 is 0. The van der Waals surface area contributed by atoms with Crippen molar-refractivity contribution in [2.45, 2.75) is 0 Å². The number of hydrogen-bond donors (Lipinski definition) is 0. The van der Waals surface area contributed by atoms with Crippen LogP contribution in [0.15, 0.2) is 0 Å². The Morgan fingerprint density at radius 1 is 1.14 bits per heavy atom. The van der Waals surface area contributed by atoms with Crippen LogP contribution in [-0.2, 0) is 0 Å². The predicted octanol–water partition coefficient (Wildman–Crippen LogP) is 1.10. The van der Waals surface area contributed by atoms with Crippen molar-refractivity contribution < 1.29 is 20.2 Å². The number of rotatable bonds is 0. The smallest absolute Gasteiger partial charge is 0.870 e. The first-order chi connectivity index (χ1) is 2.41. The van der Waals surface area contributed by atoms with Gasteiger partial charge in [0.05, 0.1) is 0 Å². The number of hydrogen-bond acceptors (Lipinski definition) is 1. The molecule has 0 aliphatic carbocycles. The summed E-state index contributed by atoms with van der Waals surface area (Å²) in [6.45, 7) is 0. The summed E-state index contributed by atoms with van der Waals surface area (Å²) in [4.78, 5) is 0. The molecular formula is H3I6O-. The molecule has 0 aromatic rings. The minimum absolute atomic E-state index is 0. The van der Waals surface area contributed by atoms with Crippen LogP contribution in [0.3, 0.4) is 0 Å². The Morgan fingerprint density at radius 3 is 1.14 bits per heavy atom. The van der Waals surface area contributed by atoms with Gasteiger partial charge < -0.3 is 5.48 Å². The van der Waals surface area contributed by atoms with Crippen LogP contribution in [0.1, 0.15) is 1.43 Å². The number of halogens is 6. The van der Waals surface area contributed by atoms with Crippen LogP contribution in [0.4, 0.5) is 0 Å². The molecule has 0 aliphatic heterocycles. The molecule has 0 amide bonds. The molecule has 0 saturated heterocycles. The third kappa shape index (κ3) is 38.2. The Bertz CT molecular complexity index is 8.49. The zero-order valence-corrected chi connectivity index (χ0v) is 15.9. The van der Waals surface area contributed by atoms with Crippen molar-refractivity contribution >= 4 is 98.4 Å². The molecule has 0 bridgehead atoms. The molecule has 7 heavy (non-hydrogen) atoms. The standard InChI is InChI=1S/I3.I2.HI.H2O/c1-3-2;1-2;;/h;;1H;1H2/q-1;;;. The fraction of sp³-hybridized carbons (Fsp3) is 0. The topological polar surface area (TPSA) is 30.0 Å². The van der Waals surface area contributed by atoms with E-state index >= 15 is 0 Å². The summed E-state index contributed by atoms with van der Waals surface area (Å²) in [7, 11) is 0. The van der Waals surface area contributed by atoms with Crippen molar-refractivity contribution in [2.24, 2.45) is 0 Å². The van der Waals surface area contributed by atoms with Gasteiger partial charge in [-0.3, -0.25) is 0 Å². The first-order valence-corrected chi connectivity index (χ1v) is 19.3. The van der Waals surface area contributed by atoms with Crippen molar-refractivity contribution in [1.82, 2.24) is 0 Å². The fourth-order valence-electron chi connectivity index (χ4n) is 0. The summed E-state index contributed by atoms with van der Waals surface area (Å²) in [5, 5.41) is 0. The Hall–Kier alpha value is 4.34. The molecule has 1 N–H and O–H groups in total. The summed E-state index contributed by atoms with van der Waals surface area (Å²) in [6.07, 6.45) is 0. The van der Waals surface area contributed by atoms with Gasteiger partial charge in [-0.15, -0.1) is 24.0 Å². The van der Waals surface area contributed by atoms with E-state index in [1.807, 2.05) is 0 Å². The Morgan fingerprint density at radius 2 is 1.14 bits per heavy atom. The molecule has 0 aromatic carbocycles. The van der Waals surface area contributed by atoms with E-state index in [9.17, 15) is 0 Å². The van der Waals surface area contributed by atoms with E-state index in [-0.39, 0.29) is 30.9 Å². The van der Waals surface area contributed by atoms with Crippen LogP contribution >= 0.6 is 98.4 Å². The molecule has 1 nitrogen and oxygen atoms in total. The van der Waals surface area contributed by atoms with Gasteiger partial charge in [-0.25, -0.2) is 0 Å². The van der Waals surface area contributed by atoms with Crippen molar-refractivity contribution in [3.63, 3.8) is 0 Å². The molecule has 0 aliphatic rings. The summed E-state index contributed by atoms with van der Waals surface area (Å²) in [5.41, 5.74) is 0. The molecule has 0 fully saturated rings. The van der Waals surface area contributed by atoms with E-state index < -0.39 is 0 Å². The average Bonchev–Trinajstić information content (AvgIpc) is 1.46. The molecule has 0 atom stereocenters. The maximum absolute atomic E-state index is 2.39. The van der Waals surface area contributed by atoms with Gasteiger partial charge in [0, 0.05) is 37.2 Å². The zero-order chi connectivity index (χ0) is 4.71. The van der Waals surface area contributed by atoms with Crippen molar-refractivity contribution in [1.29, 1.82) is 0 Å². The summed E-state index contributed by atoms with van der Waals surface area (Å²) in [6, 6.07) is 0. The van der Waals surface area contributed by atoms with Gasteiger partial charge in [0.25, 0.3) is 0 Å². The molecule has 0 spiro atoms. The van der Waals surface area contributed by atoms with Gasteiger partial charge in [-0.2, -0.15) is 0 Å². The Labute approximate surface area is 115 Å². The maximum atomic E-state index is 2.39. The fourth-order valence-corrected chi connectivity index (χ4v) is 0. The van der Waals surface area contributed by atoms with Crippen molar-refractivity contribution in [3.8, 4) is 0 Å². The summed E-state index contributed by atoms with van der Waals surface area (Å²) in [5.74, 6) is 0. The molecular weight excluding hydrogens is 777 g/mol. The molecule has 0 rings (SSSR count). The SMILES string of the molecule is I.II.I[I-]I.[H+].[OH-]. The minimum Gasteiger partial charge on any atom is -0.870 e. The van der Waals surface area contributed by atoms with Crippen LogP contribution in [0.5, 0.6) is 0 Å². The van der Waals surface area contributed by atoms with E-state index in [2.05, 4.69) is 74.5 Å². The third-order valence-electron chi connectivity index (χ3n) is 0. The maximum Gasteiger partial charge on any atom is 1.00 e. The van der Waals surface area contributed by atoms with Crippen LogP contribution in [0.25, 0.3) is 0 Å². The minimum atomic E-state index is 0. The molecule has 0 saturated carbocycles. The Balaban J connectivity index is -0.00000000567. The molecule has 0 heterocycles. The van der Waals surface area contributed by atoms with E-state index in [1.165, 1.54) is 0 Å². The molecule has 0 radical (unpaired) electrons. The summed E-state index contributed by atoms with van der Waals surface area (Å²) >= 11 is 9.54. The monoisotopic (exact) mass is 780 g/mol. The van der Waals surface area contributed by atoms with E-state index in [1.54, 1.807) is 0 Å². The second-order valence-electron chi connectivity index (χ2n) is 0.0540. The van der Waals surface area contributed by atoms with Crippen molar-refractivity contribution in [3.05, 3.63) is 0 Å². The second-order valence-corrected chi connectivity index (χ2v) is 16.3. The van der Waals surface area contributed by atoms with Gasteiger partial charge in [0.15, 0.2) is 0 Å². The molecule has 0 unspecified atom stereocenters. The van der Waals surface area contributed by atoms with Crippen LogP contribution in [0, 0.1) is 0 Å². The van der Waals surface area contributed by atoms with Gasteiger partial charge in [-0.05, 0) is 0 Å². The van der Waals surface area contributed by atoms with Crippen molar-refractivity contribution in [2.75, 3.05) is 0 Å². The largest absolute Gasteiger partial charge is 1.00 e. The predicted molar refractivity (Wildman–Crippen MR) is 74.5 cm³/mol. The van der Waals surface area contributed by atoms with E-state index in [4.69, 9.17) is 0 Å².